The molecular weight excluding hydrogens is 281 g/mol. The summed E-state index contributed by atoms with van der Waals surface area (Å²) in [5.74, 6) is -1.35. The van der Waals surface area contributed by atoms with Crippen molar-refractivity contribution >= 4 is 17.3 Å². The highest BCUT2D eigenvalue weighted by molar-refractivity contribution is 5.99. The largest absolute Gasteiger partial charge is 0.386 e. The summed E-state index contributed by atoms with van der Waals surface area (Å²) in [6.07, 6.45) is 1.30. The number of hydrogen-bond acceptors (Lipinski definition) is 5. The van der Waals surface area contributed by atoms with Crippen molar-refractivity contribution in [2.45, 2.75) is 18.9 Å². The first-order chi connectivity index (χ1) is 10.0. The minimum Gasteiger partial charge on any atom is -0.386 e. The van der Waals surface area contributed by atoms with Gasteiger partial charge in [0.05, 0.1) is 16.7 Å². The highest BCUT2D eigenvalue weighted by Gasteiger charge is 2.25. The third-order valence-electron chi connectivity index (χ3n) is 3.35. The SMILES string of the molecule is CNc1cc(C(=O)NC2CCOCC2)c([N+](=O)[O-])cc1F. The summed E-state index contributed by atoms with van der Waals surface area (Å²) in [6, 6.07) is 1.82. The van der Waals surface area contributed by atoms with E-state index in [4.69, 9.17) is 4.74 Å². The second-order valence-electron chi connectivity index (χ2n) is 4.72. The number of halogens is 1. The molecule has 2 rings (SSSR count). The van der Waals surface area contributed by atoms with E-state index in [1.807, 2.05) is 0 Å². The first-order valence-corrected chi connectivity index (χ1v) is 6.57. The van der Waals surface area contributed by atoms with Gasteiger partial charge in [-0.1, -0.05) is 0 Å². The third-order valence-corrected chi connectivity index (χ3v) is 3.35. The van der Waals surface area contributed by atoms with E-state index in [1.54, 1.807) is 0 Å². The van der Waals surface area contributed by atoms with Crippen molar-refractivity contribution in [1.29, 1.82) is 0 Å². The number of nitrogens with zero attached hydrogens (tertiary/aromatic N) is 1. The number of carbonyl (C=O) groups excluding carboxylic acids is 1. The van der Waals surface area contributed by atoms with Crippen molar-refractivity contribution in [3.8, 4) is 0 Å². The van der Waals surface area contributed by atoms with E-state index >= 15 is 0 Å². The molecule has 0 bridgehead atoms. The number of ether oxygens (including phenoxy) is 1. The van der Waals surface area contributed by atoms with Crippen LogP contribution in [0.5, 0.6) is 0 Å². The molecule has 114 valence electrons. The Hall–Kier alpha value is -2.22. The van der Waals surface area contributed by atoms with E-state index < -0.39 is 22.3 Å². The first kappa shape index (κ1) is 15.2. The molecular formula is C13H16FN3O4. The van der Waals surface area contributed by atoms with Gasteiger partial charge in [-0.2, -0.15) is 0 Å². The van der Waals surface area contributed by atoms with Crippen LogP contribution < -0.4 is 10.6 Å². The lowest BCUT2D eigenvalue weighted by Crippen LogP contribution is -2.39. The van der Waals surface area contributed by atoms with Crippen LogP contribution in [-0.4, -0.2) is 37.1 Å². The number of hydrogen-bond donors (Lipinski definition) is 2. The molecule has 0 aliphatic carbocycles. The summed E-state index contributed by atoms with van der Waals surface area (Å²) in [7, 11) is 1.48. The molecule has 1 fully saturated rings. The van der Waals surface area contributed by atoms with Crippen molar-refractivity contribution in [3.63, 3.8) is 0 Å². The standard InChI is InChI=1S/C13H16FN3O4/c1-15-11-6-9(12(17(19)20)7-10(11)14)13(18)16-8-2-4-21-5-3-8/h6-8,15H,2-5H2,1H3,(H,16,18). The van der Waals surface area contributed by atoms with Gasteiger partial charge in [-0.05, 0) is 18.9 Å². The highest BCUT2D eigenvalue weighted by atomic mass is 19.1. The van der Waals surface area contributed by atoms with Crippen LogP contribution in [0, 0.1) is 15.9 Å². The van der Waals surface area contributed by atoms with E-state index in [2.05, 4.69) is 10.6 Å². The van der Waals surface area contributed by atoms with E-state index in [0.717, 1.165) is 12.1 Å². The molecule has 8 heteroatoms. The summed E-state index contributed by atoms with van der Waals surface area (Å²) < 4.78 is 18.8. The summed E-state index contributed by atoms with van der Waals surface area (Å²) in [4.78, 5) is 22.4. The van der Waals surface area contributed by atoms with Crippen molar-refractivity contribution in [3.05, 3.63) is 33.6 Å². The smallest absolute Gasteiger partial charge is 0.285 e. The quantitative estimate of drug-likeness (QED) is 0.651. The summed E-state index contributed by atoms with van der Waals surface area (Å²) >= 11 is 0. The van der Waals surface area contributed by atoms with E-state index in [-0.39, 0.29) is 17.3 Å². The monoisotopic (exact) mass is 297 g/mol. The van der Waals surface area contributed by atoms with Gasteiger partial charge in [0, 0.05) is 26.3 Å². The maximum Gasteiger partial charge on any atom is 0.285 e. The zero-order valence-electron chi connectivity index (χ0n) is 11.5. The molecule has 0 aromatic heterocycles. The molecule has 1 saturated heterocycles. The Morgan fingerprint density at radius 2 is 2.10 bits per heavy atom. The lowest BCUT2D eigenvalue weighted by Gasteiger charge is -2.23. The average molecular weight is 297 g/mol. The molecule has 1 heterocycles. The van der Waals surface area contributed by atoms with Crippen LogP contribution in [0.1, 0.15) is 23.2 Å². The van der Waals surface area contributed by atoms with Crippen molar-refractivity contribution < 1.29 is 18.8 Å². The molecule has 2 N–H and O–H groups in total. The van der Waals surface area contributed by atoms with E-state index in [9.17, 15) is 19.3 Å². The summed E-state index contributed by atoms with van der Waals surface area (Å²) in [5.41, 5.74) is -0.661. The number of anilines is 1. The molecule has 0 unspecified atom stereocenters. The van der Waals surface area contributed by atoms with E-state index in [1.165, 1.54) is 7.05 Å². The second kappa shape index (κ2) is 6.49. The maximum atomic E-state index is 13.6. The van der Waals surface area contributed by atoms with Gasteiger partial charge >= 0.3 is 0 Å². The average Bonchev–Trinajstić information content (AvgIpc) is 2.47. The fourth-order valence-corrected chi connectivity index (χ4v) is 2.19. The number of amides is 1. The molecule has 21 heavy (non-hydrogen) atoms. The molecule has 0 radical (unpaired) electrons. The van der Waals surface area contributed by atoms with Gasteiger partial charge in [0.25, 0.3) is 11.6 Å². The molecule has 1 aliphatic heterocycles. The number of nitro benzene ring substituents is 1. The van der Waals surface area contributed by atoms with E-state index in [0.29, 0.717) is 26.1 Å². The Kier molecular flexibility index (Phi) is 4.69. The number of rotatable bonds is 4. The molecule has 0 saturated carbocycles. The lowest BCUT2D eigenvalue weighted by molar-refractivity contribution is -0.385. The molecule has 1 aromatic rings. The van der Waals surface area contributed by atoms with Crippen molar-refractivity contribution in [1.82, 2.24) is 5.32 Å². The molecule has 1 aliphatic rings. The Balaban J connectivity index is 2.27. The summed E-state index contributed by atoms with van der Waals surface area (Å²) in [6.45, 7) is 1.08. The Labute approximate surface area is 120 Å². The van der Waals surface area contributed by atoms with Gasteiger partial charge in [-0.15, -0.1) is 0 Å². The van der Waals surface area contributed by atoms with Gasteiger partial charge in [0.15, 0.2) is 5.82 Å². The fourth-order valence-electron chi connectivity index (χ4n) is 2.19. The normalized spacial score (nSPS) is 15.5. The van der Waals surface area contributed by atoms with Crippen LogP contribution in [-0.2, 0) is 4.74 Å². The second-order valence-corrected chi connectivity index (χ2v) is 4.72. The molecule has 1 aromatic carbocycles. The number of nitro groups is 1. The zero-order valence-corrected chi connectivity index (χ0v) is 11.5. The predicted molar refractivity (Wildman–Crippen MR) is 73.9 cm³/mol. The van der Waals surface area contributed by atoms with Crippen LogP contribution >= 0.6 is 0 Å². The molecule has 0 spiro atoms. The number of carbonyl (C=O) groups is 1. The van der Waals surface area contributed by atoms with Crippen LogP contribution in [0.4, 0.5) is 15.8 Å². The number of benzene rings is 1. The Morgan fingerprint density at radius 3 is 2.67 bits per heavy atom. The van der Waals surface area contributed by atoms with Gasteiger partial charge in [-0.25, -0.2) is 4.39 Å². The third kappa shape index (κ3) is 3.46. The van der Waals surface area contributed by atoms with Gasteiger partial charge in [0.2, 0.25) is 0 Å². The Bertz CT molecular complexity index is 559. The lowest BCUT2D eigenvalue weighted by atomic mass is 10.1. The van der Waals surface area contributed by atoms with Gasteiger partial charge < -0.3 is 15.4 Å². The minimum absolute atomic E-state index is 0.0396. The fraction of sp³-hybridized carbons (Fsp3) is 0.462. The van der Waals surface area contributed by atoms with Gasteiger partial charge in [0.1, 0.15) is 5.56 Å². The predicted octanol–water partition coefficient (Wildman–Crippen LogP) is 1.68. The van der Waals surface area contributed by atoms with Crippen LogP contribution in [0.2, 0.25) is 0 Å². The molecule has 1 amide bonds. The Morgan fingerprint density at radius 1 is 1.43 bits per heavy atom. The minimum atomic E-state index is -0.771. The molecule has 7 nitrogen and oxygen atoms in total. The van der Waals surface area contributed by atoms with Crippen molar-refractivity contribution in [2.24, 2.45) is 0 Å². The van der Waals surface area contributed by atoms with Crippen LogP contribution in [0.15, 0.2) is 12.1 Å². The zero-order chi connectivity index (χ0) is 15.4. The maximum absolute atomic E-state index is 13.6. The molecule has 0 atom stereocenters. The highest BCUT2D eigenvalue weighted by Crippen LogP contribution is 2.26. The number of nitrogens with one attached hydrogen (secondary N) is 2. The first-order valence-electron chi connectivity index (χ1n) is 6.57. The topological polar surface area (TPSA) is 93.5 Å². The van der Waals surface area contributed by atoms with Crippen molar-refractivity contribution in [2.75, 3.05) is 25.6 Å². The summed E-state index contributed by atoms with van der Waals surface area (Å²) in [5, 5.41) is 16.3. The van der Waals surface area contributed by atoms with Crippen LogP contribution in [0.25, 0.3) is 0 Å². The van der Waals surface area contributed by atoms with Gasteiger partial charge in [-0.3, -0.25) is 14.9 Å². The van der Waals surface area contributed by atoms with Crippen LogP contribution in [0.3, 0.4) is 0 Å².